The zero-order chi connectivity index (χ0) is 27.6. The summed E-state index contributed by atoms with van der Waals surface area (Å²) in [6, 6.07) is 12.5. The first-order valence-electron chi connectivity index (χ1n) is 14.0. The van der Waals surface area contributed by atoms with Gasteiger partial charge in [0.15, 0.2) is 11.3 Å². The molecule has 2 fully saturated rings. The van der Waals surface area contributed by atoms with Crippen LogP contribution in [0.1, 0.15) is 74.5 Å². The molecule has 11 heteroatoms. The van der Waals surface area contributed by atoms with Crippen molar-refractivity contribution >= 4 is 28.8 Å². The molecule has 1 N–H and O–H groups in total. The number of likely N-dealkylation sites (tertiary alicyclic amines) is 2. The molecule has 3 aromatic heterocycles. The highest BCUT2D eigenvalue weighted by Crippen LogP contribution is 2.31. The van der Waals surface area contributed by atoms with Gasteiger partial charge in [0.2, 0.25) is 0 Å². The van der Waals surface area contributed by atoms with Crippen molar-refractivity contribution in [2.45, 2.75) is 58.0 Å². The Balaban J connectivity index is 0.995. The lowest BCUT2D eigenvalue weighted by molar-refractivity contribution is 0.0704. The molecule has 2 aliphatic heterocycles. The Kier molecular flexibility index (Phi) is 7.57. The molecule has 0 saturated carbocycles. The van der Waals surface area contributed by atoms with Crippen LogP contribution in [0.25, 0.3) is 5.65 Å². The Morgan fingerprint density at radius 1 is 1.00 bits per heavy atom. The predicted octanol–water partition coefficient (Wildman–Crippen LogP) is 3.61. The summed E-state index contributed by atoms with van der Waals surface area (Å²) >= 11 is 1.54. The standard InChI is InChI=1S/C29H34N8O2S/c1-19-16-25-32-33-26(20(2)37(25)34-19)29(39)36-14-8-22(9-15-36)28-31-24(18-40-28)27(38)30-23-10-12-35(13-11-23)17-21-6-4-3-5-7-21/h3-7,16,18,22-23H,8-15,17H2,1-2H3,(H,30,38). The highest BCUT2D eigenvalue weighted by atomic mass is 32.1. The normalized spacial score (nSPS) is 17.4. The largest absolute Gasteiger partial charge is 0.348 e. The number of carbonyl (C=O) groups is 2. The molecule has 0 spiro atoms. The van der Waals surface area contributed by atoms with E-state index >= 15 is 0 Å². The van der Waals surface area contributed by atoms with Crippen molar-refractivity contribution in [3.05, 3.63) is 75.1 Å². The van der Waals surface area contributed by atoms with Crippen molar-refractivity contribution in [1.82, 2.24) is 39.9 Å². The Bertz CT molecular complexity index is 1500. The van der Waals surface area contributed by atoms with Gasteiger partial charge in [0.05, 0.1) is 16.4 Å². The highest BCUT2D eigenvalue weighted by molar-refractivity contribution is 7.09. The van der Waals surface area contributed by atoms with Crippen molar-refractivity contribution < 1.29 is 9.59 Å². The van der Waals surface area contributed by atoms with Gasteiger partial charge in [0.1, 0.15) is 5.69 Å². The summed E-state index contributed by atoms with van der Waals surface area (Å²) in [6.45, 7) is 7.87. The van der Waals surface area contributed by atoms with E-state index in [0.29, 0.717) is 35.8 Å². The second kappa shape index (κ2) is 11.4. The molecule has 4 aromatic rings. The molecule has 5 heterocycles. The van der Waals surface area contributed by atoms with E-state index in [1.807, 2.05) is 36.3 Å². The van der Waals surface area contributed by atoms with Gasteiger partial charge in [-0.05, 0) is 45.1 Å². The van der Waals surface area contributed by atoms with Crippen LogP contribution in [-0.4, -0.2) is 78.6 Å². The van der Waals surface area contributed by atoms with E-state index < -0.39 is 0 Å². The molecule has 0 radical (unpaired) electrons. The average Bonchev–Trinajstić information content (AvgIpc) is 3.62. The number of amides is 2. The van der Waals surface area contributed by atoms with Gasteiger partial charge in [0, 0.05) is 56.1 Å². The van der Waals surface area contributed by atoms with Crippen LogP contribution in [0.15, 0.2) is 41.8 Å². The quantitative estimate of drug-likeness (QED) is 0.385. The smallest absolute Gasteiger partial charge is 0.276 e. The molecule has 2 amide bonds. The number of rotatable bonds is 6. The Morgan fingerprint density at radius 2 is 1.75 bits per heavy atom. The fourth-order valence-electron chi connectivity index (χ4n) is 5.67. The maximum atomic E-state index is 13.2. The number of aryl methyl sites for hydroxylation is 2. The third-order valence-electron chi connectivity index (χ3n) is 7.99. The highest BCUT2D eigenvalue weighted by Gasteiger charge is 2.29. The molecule has 2 saturated heterocycles. The Labute approximate surface area is 237 Å². The summed E-state index contributed by atoms with van der Waals surface area (Å²) in [4.78, 5) is 35.2. The van der Waals surface area contributed by atoms with Gasteiger partial charge < -0.3 is 10.2 Å². The lowest BCUT2D eigenvalue weighted by Crippen LogP contribution is -2.44. The summed E-state index contributed by atoms with van der Waals surface area (Å²) in [5.41, 5.74) is 4.34. The van der Waals surface area contributed by atoms with Crippen molar-refractivity contribution in [2.75, 3.05) is 26.2 Å². The molecule has 0 aliphatic carbocycles. The zero-order valence-electron chi connectivity index (χ0n) is 22.9. The monoisotopic (exact) mass is 558 g/mol. The van der Waals surface area contributed by atoms with E-state index in [-0.39, 0.29) is 23.8 Å². The SMILES string of the molecule is Cc1cc2nnc(C(=O)N3CCC(c4nc(C(=O)NC5CCN(Cc6ccccc6)CC5)cs4)CC3)c(C)n2n1. The number of aromatic nitrogens is 5. The topological polar surface area (TPSA) is 109 Å². The molecule has 0 bridgehead atoms. The van der Waals surface area contributed by atoms with E-state index in [1.165, 1.54) is 5.56 Å². The van der Waals surface area contributed by atoms with Crippen LogP contribution in [-0.2, 0) is 6.54 Å². The van der Waals surface area contributed by atoms with Gasteiger partial charge in [-0.15, -0.1) is 21.5 Å². The number of fused-ring (bicyclic) bond motifs is 1. The molecule has 1 aromatic carbocycles. The van der Waals surface area contributed by atoms with Crippen LogP contribution in [0.4, 0.5) is 0 Å². The number of nitrogens with one attached hydrogen (secondary N) is 1. The fraction of sp³-hybridized carbons (Fsp3) is 0.448. The molecule has 0 unspecified atom stereocenters. The summed E-state index contributed by atoms with van der Waals surface area (Å²) in [7, 11) is 0. The van der Waals surface area contributed by atoms with Gasteiger partial charge >= 0.3 is 0 Å². The Hall–Kier alpha value is -3.70. The van der Waals surface area contributed by atoms with Crippen molar-refractivity contribution in [3.63, 3.8) is 0 Å². The summed E-state index contributed by atoms with van der Waals surface area (Å²) < 4.78 is 1.68. The molecule has 40 heavy (non-hydrogen) atoms. The lowest BCUT2D eigenvalue weighted by atomic mass is 9.97. The van der Waals surface area contributed by atoms with E-state index in [9.17, 15) is 9.59 Å². The van der Waals surface area contributed by atoms with Gasteiger partial charge in [-0.2, -0.15) is 5.10 Å². The third-order valence-corrected chi connectivity index (χ3v) is 8.99. The minimum Gasteiger partial charge on any atom is -0.348 e. The molecular formula is C29H34N8O2S. The van der Waals surface area contributed by atoms with E-state index in [1.54, 1.807) is 15.9 Å². The van der Waals surface area contributed by atoms with Gasteiger partial charge in [-0.3, -0.25) is 14.5 Å². The number of carbonyl (C=O) groups excluding carboxylic acids is 2. The zero-order valence-corrected chi connectivity index (χ0v) is 23.7. The van der Waals surface area contributed by atoms with E-state index in [2.05, 4.69) is 49.8 Å². The molecule has 0 atom stereocenters. The molecule has 6 rings (SSSR count). The second-order valence-electron chi connectivity index (χ2n) is 10.8. The van der Waals surface area contributed by atoms with Gasteiger partial charge in [0.25, 0.3) is 11.8 Å². The van der Waals surface area contributed by atoms with Gasteiger partial charge in [-0.1, -0.05) is 30.3 Å². The lowest BCUT2D eigenvalue weighted by Gasteiger charge is -2.32. The Morgan fingerprint density at radius 3 is 2.50 bits per heavy atom. The second-order valence-corrected chi connectivity index (χ2v) is 11.7. The third kappa shape index (κ3) is 5.62. The van der Waals surface area contributed by atoms with Crippen LogP contribution in [0, 0.1) is 13.8 Å². The van der Waals surface area contributed by atoms with Crippen LogP contribution >= 0.6 is 11.3 Å². The number of nitrogens with zero attached hydrogens (tertiary/aromatic N) is 7. The number of hydrogen-bond acceptors (Lipinski definition) is 8. The number of benzene rings is 1. The first kappa shape index (κ1) is 26.5. The number of thiazole rings is 1. The summed E-state index contributed by atoms with van der Waals surface area (Å²) in [5, 5.41) is 18.9. The number of piperidine rings is 2. The van der Waals surface area contributed by atoms with Crippen molar-refractivity contribution in [3.8, 4) is 0 Å². The van der Waals surface area contributed by atoms with Crippen LogP contribution < -0.4 is 5.32 Å². The van der Waals surface area contributed by atoms with Crippen LogP contribution in [0.5, 0.6) is 0 Å². The molecular weight excluding hydrogens is 524 g/mol. The minimum atomic E-state index is -0.118. The molecule has 10 nitrogen and oxygen atoms in total. The maximum absolute atomic E-state index is 13.2. The van der Waals surface area contributed by atoms with E-state index in [0.717, 1.165) is 56.0 Å². The summed E-state index contributed by atoms with van der Waals surface area (Å²) in [6.07, 6.45) is 3.49. The predicted molar refractivity (Wildman–Crippen MR) is 152 cm³/mol. The van der Waals surface area contributed by atoms with Crippen molar-refractivity contribution in [2.24, 2.45) is 0 Å². The fourth-order valence-corrected chi connectivity index (χ4v) is 6.64. The van der Waals surface area contributed by atoms with E-state index in [4.69, 9.17) is 4.98 Å². The van der Waals surface area contributed by atoms with Gasteiger partial charge in [-0.25, -0.2) is 9.50 Å². The van der Waals surface area contributed by atoms with Crippen LogP contribution in [0.3, 0.4) is 0 Å². The van der Waals surface area contributed by atoms with Crippen molar-refractivity contribution in [1.29, 1.82) is 0 Å². The first-order chi connectivity index (χ1) is 19.4. The van der Waals surface area contributed by atoms with Crippen LogP contribution in [0.2, 0.25) is 0 Å². The minimum absolute atomic E-state index is 0.0880. The summed E-state index contributed by atoms with van der Waals surface area (Å²) in [5.74, 6) is 0.0303. The number of hydrogen-bond donors (Lipinski definition) is 1. The maximum Gasteiger partial charge on any atom is 0.276 e. The average molecular weight is 559 g/mol. The molecule has 208 valence electrons. The first-order valence-corrected chi connectivity index (χ1v) is 14.8. The molecule has 2 aliphatic rings.